The molecule has 0 bridgehead atoms. The number of hydrogen-bond donors (Lipinski definition) is 2. The van der Waals surface area contributed by atoms with E-state index in [-0.39, 0.29) is 5.76 Å². The van der Waals surface area contributed by atoms with Crippen molar-refractivity contribution in [3.63, 3.8) is 0 Å². The SMILES string of the molecule is CC1=C(C(=O)OC(C)(C)C)[C@@](O)(C(=O)OC(C)(C)C)[C@@](C)(O)O1. The zero-order valence-corrected chi connectivity index (χ0v) is 14.9. The molecule has 0 fully saturated rings. The summed E-state index contributed by atoms with van der Waals surface area (Å²) in [6, 6.07) is 0. The van der Waals surface area contributed by atoms with Gasteiger partial charge in [0.15, 0.2) is 0 Å². The van der Waals surface area contributed by atoms with Gasteiger partial charge in [0, 0.05) is 6.92 Å². The van der Waals surface area contributed by atoms with Gasteiger partial charge in [-0.05, 0) is 48.5 Å². The summed E-state index contributed by atoms with van der Waals surface area (Å²) < 4.78 is 15.5. The van der Waals surface area contributed by atoms with E-state index in [4.69, 9.17) is 14.2 Å². The molecule has 1 heterocycles. The molecule has 7 heteroatoms. The summed E-state index contributed by atoms with van der Waals surface area (Å²) in [5.41, 5.74) is -4.94. The van der Waals surface area contributed by atoms with Gasteiger partial charge < -0.3 is 24.4 Å². The molecule has 2 atom stereocenters. The molecule has 0 aromatic rings. The van der Waals surface area contributed by atoms with Crippen LogP contribution in [0.5, 0.6) is 0 Å². The van der Waals surface area contributed by atoms with Crippen molar-refractivity contribution in [3.8, 4) is 0 Å². The lowest BCUT2D eigenvalue weighted by atomic mass is 9.87. The van der Waals surface area contributed by atoms with E-state index >= 15 is 0 Å². The van der Waals surface area contributed by atoms with Crippen LogP contribution in [-0.2, 0) is 23.8 Å². The van der Waals surface area contributed by atoms with Crippen molar-refractivity contribution in [2.45, 2.75) is 78.0 Å². The van der Waals surface area contributed by atoms with E-state index in [1.807, 2.05) is 0 Å². The molecule has 1 aliphatic heterocycles. The van der Waals surface area contributed by atoms with Crippen LogP contribution in [0.25, 0.3) is 0 Å². The second-order valence-corrected chi connectivity index (χ2v) is 7.73. The molecule has 132 valence electrons. The molecule has 0 amide bonds. The molecule has 0 aromatic carbocycles. The number of ether oxygens (including phenoxy) is 3. The highest BCUT2D eigenvalue weighted by Crippen LogP contribution is 2.43. The number of carbonyl (C=O) groups is 2. The third kappa shape index (κ3) is 3.84. The van der Waals surface area contributed by atoms with Gasteiger partial charge in [-0.1, -0.05) is 0 Å². The smallest absolute Gasteiger partial charge is 0.350 e. The molecule has 0 aliphatic carbocycles. The predicted octanol–water partition coefficient (Wildman–Crippen LogP) is 1.41. The van der Waals surface area contributed by atoms with E-state index in [0.717, 1.165) is 6.92 Å². The summed E-state index contributed by atoms with van der Waals surface area (Å²) in [7, 11) is 0. The summed E-state index contributed by atoms with van der Waals surface area (Å²) in [6.45, 7) is 12.2. The van der Waals surface area contributed by atoms with Crippen LogP contribution >= 0.6 is 0 Å². The topological polar surface area (TPSA) is 102 Å². The highest BCUT2D eigenvalue weighted by Gasteiger charge is 2.66. The first-order valence-corrected chi connectivity index (χ1v) is 7.33. The predicted molar refractivity (Wildman–Crippen MR) is 81.0 cm³/mol. The maximum absolute atomic E-state index is 12.5. The molecular weight excluding hydrogens is 304 g/mol. The largest absolute Gasteiger partial charge is 0.463 e. The number of esters is 2. The number of allylic oxidation sites excluding steroid dienone is 1. The Hall–Kier alpha value is -1.60. The van der Waals surface area contributed by atoms with Crippen LogP contribution in [0, 0.1) is 0 Å². The van der Waals surface area contributed by atoms with Gasteiger partial charge in [0.05, 0.1) is 0 Å². The molecule has 2 N–H and O–H groups in total. The molecule has 0 spiro atoms. The molecular formula is C16H26O7. The first-order valence-electron chi connectivity index (χ1n) is 7.33. The van der Waals surface area contributed by atoms with E-state index in [0.29, 0.717) is 0 Å². The summed E-state index contributed by atoms with van der Waals surface area (Å²) in [5.74, 6) is -4.60. The van der Waals surface area contributed by atoms with Gasteiger partial charge in [0.2, 0.25) is 5.79 Å². The minimum atomic E-state index is -2.69. The zero-order valence-electron chi connectivity index (χ0n) is 14.9. The van der Waals surface area contributed by atoms with Crippen molar-refractivity contribution in [2.24, 2.45) is 0 Å². The average Bonchev–Trinajstić information content (AvgIpc) is 2.40. The fourth-order valence-electron chi connectivity index (χ4n) is 2.17. The Bertz CT molecular complexity index is 546. The standard InChI is InChI=1S/C16H26O7/c1-9-10(11(17)22-13(2,3)4)16(20,15(8,19)21-9)12(18)23-14(5,6)7/h19-20H,1-8H3/t15-,16+/m0/s1. The Morgan fingerprint density at radius 2 is 1.43 bits per heavy atom. The normalized spacial score (nSPS) is 28.4. The number of aliphatic hydroxyl groups is 2. The Morgan fingerprint density at radius 1 is 1.00 bits per heavy atom. The van der Waals surface area contributed by atoms with Crippen LogP contribution in [0.2, 0.25) is 0 Å². The lowest BCUT2D eigenvalue weighted by Gasteiger charge is -2.35. The van der Waals surface area contributed by atoms with E-state index < -0.39 is 40.1 Å². The molecule has 0 aromatic heterocycles. The lowest BCUT2D eigenvalue weighted by Crippen LogP contribution is -2.59. The lowest BCUT2D eigenvalue weighted by molar-refractivity contribution is -0.248. The van der Waals surface area contributed by atoms with Crippen LogP contribution in [0.15, 0.2) is 11.3 Å². The highest BCUT2D eigenvalue weighted by atomic mass is 16.7. The van der Waals surface area contributed by atoms with Crippen LogP contribution in [0.4, 0.5) is 0 Å². The van der Waals surface area contributed by atoms with Crippen LogP contribution < -0.4 is 0 Å². The van der Waals surface area contributed by atoms with E-state index in [2.05, 4.69) is 0 Å². The summed E-state index contributed by atoms with van der Waals surface area (Å²) in [5, 5.41) is 21.2. The quantitative estimate of drug-likeness (QED) is 0.738. The molecule has 23 heavy (non-hydrogen) atoms. The Morgan fingerprint density at radius 3 is 1.83 bits per heavy atom. The van der Waals surface area contributed by atoms with Crippen LogP contribution in [0.3, 0.4) is 0 Å². The van der Waals surface area contributed by atoms with Crippen molar-refractivity contribution >= 4 is 11.9 Å². The zero-order chi connectivity index (χ0) is 18.4. The summed E-state index contributed by atoms with van der Waals surface area (Å²) in [4.78, 5) is 24.9. The van der Waals surface area contributed by atoms with E-state index in [1.165, 1.54) is 6.92 Å². The first-order chi connectivity index (χ1) is 10.0. The molecule has 1 rings (SSSR count). The molecule has 1 aliphatic rings. The molecule has 0 radical (unpaired) electrons. The third-order valence-electron chi connectivity index (χ3n) is 3.03. The van der Waals surface area contributed by atoms with Crippen molar-refractivity contribution in [2.75, 3.05) is 0 Å². The van der Waals surface area contributed by atoms with Crippen molar-refractivity contribution in [3.05, 3.63) is 11.3 Å². The van der Waals surface area contributed by atoms with E-state index in [9.17, 15) is 19.8 Å². The second kappa shape index (κ2) is 5.49. The van der Waals surface area contributed by atoms with Gasteiger partial charge in [-0.3, -0.25) is 0 Å². The minimum absolute atomic E-state index is 0.0994. The van der Waals surface area contributed by atoms with Crippen molar-refractivity contribution < 1.29 is 34.0 Å². The van der Waals surface area contributed by atoms with Gasteiger partial charge in [-0.25, -0.2) is 9.59 Å². The van der Waals surface area contributed by atoms with Gasteiger partial charge in [0.1, 0.15) is 22.5 Å². The summed E-state index contributed by atoms with van der Waals surface area (Å²) in [6.07, 6.45) is 0. The fraction of sp³-hybridized carbons (Fsp3) is 0.750. The first kappa shape index (κ1) is 19.4. The van der Waals surface area contributed by atoms with Crippen LogP contribution in [0.1, 0.15) is 55.4 Å². The Labute approximate surface area is 136 Å². The monoisotopic (exact) mass is 330 g/mol. The average molecular weight is 330 g/mol. The number of carbonyl (C=O) groups excluding carboxylic acids is 2. The summed E-state index contributed by atoms with van der Waals surface area (Å²) >= 11 is 0. The maximum atomic E-state index is 12.5. The van der Waals surface area contributed by atoms with Gasteiger partial charge >= 0.3 is 11.9 Å². The Balaban J connectivity index is 3.33. The molecule has 7 nitrogen and oxygen atoms in total. The molecule has 0 saturated carbocycles. The van der Waals surface area contributed by atoms with Gasteiger partial charge in [-0.2, -0.15) is 0 Å². The van der Waals surface area contributed by atoms with Gasteiger partial charge in [0.25, 0.3) is 5.60 Å². The van der Waals surface area contributed by atoms with Crippen molar-refractivity contribution in [1.29, 1.82) is 0 Å². The van der Waals surface area contributed by atoms with Crippen molar-refractivity contribution in [1.82, 2.24) is 0 Å². The Kier molecular flexibility index (Phi) is 4.64. The number of hydrogen-bond acceptors (Lipinski definition) is 7. The minimum Gasteiger partial charge on any atom is -0.463 e. The number of rotatable bonds is 2. The second-order valence-electron chi connectivity index (χ2n) is 7.73. The molecule has 0 unspecified atom stereocenters. The van der Waals surface area contributed by atoms with E-state index in [1.54, 1.807) is 41.5 Å². The highest BCUT2D eigenvalue weighted by molar-refractivity contribution is 6.02. The van der Waals surface area contributed by atoms with Gasteiger partial charge in [-0.15, -0.1) is 0 Å². The van der Waals surface area contributed by atoms with Crippen LogP contribution in [-0.4, -0.2) is 44.7 Å². The fourth-order valence-corrected chi connectivity index (χ4v) is 2.17. The molecule has 0 saturated heterocycles. The third-order valence-corrected chi connectivity index (χ3v) is 3.03. The maximum Gasteiger partial charge on any atom is 0.350 e.